The van der Waals surface area contributed by atoms with Crippen LogP contribution in [-0.4, -0.2) is 31.4 Å². The summed E-state index contributed by atoms with van der Waals surface area (Å²) < 4.78 is 5.49. The Labute approximate surface area is 96.6 Å². The van der Waals surface area contributed by atoms with E-state index >= 15 is 0 Å². The Hall–Kier alpha value is -1.29. The van der Waals surface area contributed by atoms with E-state index in [-0.39, 0.29) is 11.9 Å². The molecule has 1 rings (SSSR count). The van der Waals surface area contributed by atoms with Crippen LogP contribution in [0.25, 0.3) is 0 Å². The second kappa shape index (κ2) is 5.70. The fraction of sp³-hybridized carbons (Fsp3) is 0.583. The number of rotatable bonds is 5. The van der Waals surface area contributed by atoms with Crippen LogP contribution in [0.4, 0.5) is 0 Å². The van der Waals surface area contributed by atoms with E-state index in [0.29, 0.717) is 13.0 Å². The monoisotopic (exact) mass is 224 g/mol. The number of nitrogens with one attached hydrogen (secondary N) is 1. The molecule has 1 atom stereocenters. The number of amides is 1. The van der Waals surface area contributed by atoms with E-state index in [1.807, 2.05) is 26.0 Å². The predicted octanol–water partition coefficient (Wildman–Crippen LogP) is 1.72. The number of carbonyl (C=O) groups excluding carboxylic acids is 1. The molecule has 90 valence electrons. The first-order valence-corrected chi connectivity index (χ1v) is 5.50. The van der Waals surface area contributed by atoms with Crippen molar-refractivity contribution in [3.8, 4) is 0 Å². The van der Waals surface area contributed by atoms with Crippen molar-refractivity contribution in [3.05, 3.63) is 23.7 Å². The lowest BCUT2D eigenvalue weighted by molar-refractivity contribution is -0.128. The molecule has 1 unspecified atom stereocenters. The second-order valence-corrected chi connectivity index (χ2v) is 4.16. The standard InChI is InChI=1S/C12H20N2O2/c1-9-5-6-11(16-9)10(2)13-8-7-12(15)14(3)4/h5-6,10,13H,7-8H2,1-4H3. The van der Waals surface area contributed by atoms with Gasteiger partial charge in [-0.25, -0.2) is 0 Å². The Morgan fingerprint density at radius 2 is 2.19 bits per heavy atom. The molecule has 0 bridgehead atoms. The van der Waals surface area contributed by atoms with Gasteiger partial charge in [0.2, 0.25) is 5.91 Å². The fourth-order valence-corrected chi connectivity index (χ4v) is 1.41. The van der Waals surface area contributed by atoms with Crippen LogP contribution in [0.2, 0.25) is 0 Å². The zero-order valence-electron chi connectivity index (χ0n) is 10.4. The molecule has 1 aromatic rings. The maximum atomic E-state index is 11.3. The van der Waals surface area contributed by atoms with Crippen LogP contribution in [0.15, 0.2) is 16.5 Å². The SMILES string of the molecule is Cc1ccc(C(C)NCCC(=O)N(C)C)o1. The molecule has 0 aliphatic heterocycles. The third-order valence-electron chi connectivity index (χ3n) is 2.48. The fourth-order valence-electron chi connectivity index (χ4n) is 1.41. The zero-order chi connectivity index (χ0) is 12.1. The van der Waals surface area contributed by atoms with E-state index in [4.69, 9.17) is 4.42 Å². The molecule has 4 nitrogen and oxygen atoms in total. The van der Waals surface area contributed by atoms with Gasteiger partial charge in [0.15, 0.2) is 0 Å². The first-order valence-electron chi connectivity index (χ1n) is 5.50. The van der Waals surface area contributed by atoms with Gasteiger partial charge in [-0.05, 0) is 26.0 Å². The van der Waals surface area contributed by atoms with Crippen molar-refractivity contribution in [3.63, 3.8) is 0 Å². The van der Waals surface area contributed by atoms with Crippen LogP contribution in [0.3, 0.4) is 0 Å². The van der Waals surface area contributed by atoms with Crippen LogP contribution in [0, 0.1) is 6.92 Å². The Kier molecular flexibility index (Phi) is 4.55. The van der Waals surface area contributed by atoms with Gasteiger partial charge in [0.25, 0.3) is 0 Å². The van der Waals surface area contributed by atoms with Crippen LogP contribution < -0.4 is 5.32 Å². The highest BCUT2D eigenvalue weighted by molar-refractivity contribution is 5.75. The molecule has 0 saturated heterocycles. The first-order chi connectivity index (χ1) is 7.50. The minimum Gasteiger partial charge on any atom is -0.465 e. The van der Waals surface area contributed by atoms with Gasteiger partial charge in [-0.1, -0.05) is 0 Å². The van der Waals surface area contributed by atoms with Crippen molar-refractivity contribution in [2.45, 2.75) is 26.3 Å². The molecule has 4 heteroatoms. The summed E-state index contributed by atoms with van der Waals surface area (Å²) in [7, 11) is 3.53. The summed E-state index contributed by atoms with van der Waals surface area (Å²) in [6, 6.07) is 4.04. The molecule has 1 aromatic heterocycles. The van der Waals surface area contributed by atoms with E-state index in [1.54, 1.807) is 19.0 Å². The van der Waals surface area contributed by atoms with Crippen LogP contribution in [0.5, 0.6) is 0 Å². The number of hydrogen-bond donors (Lipinski definition) is 1. The van der Waals surface area contributed by atoms with E-state index in [1.165, 1.54) is 0 Å². The molecule has 0 fully saturated rings. The lowest BCUT2D eigenvalue weighted by Gasteiger charge is -2.13. The van der Waals surface area contributed by atoms with E-state index in [9.17, 15) is 4.79 Å². The zero-order valence-corrected chi connectivity index (χ0v) is 10.4. The summed E-state index contributed by atoms with van der Waals surface area (Å²) >= 11 is 0. The van der Waals surface area contributed by atoms with Gasteiger partial charge in [0.1, 0.15) is 11.5 Å². The van der Waals surface area contributed by atoms with Crippen LogP contribution in [0.1, 0.15) is 30.9 Å². The van der Waals surface area contributed by atoms with Crippen molar-refractivity contribution < 1.29 is 9.21 Å². The van der Waals surface area contributed by atoms with E-state index < -0.39 is 0 Å². The number of hydrogen-bond acceptors (Lipinski definition) is 3. The summed E-state index contributed by atoms with van der Waals surface area (Å²) in [6.07, 6.45) is 0.511. The van der Waals surface area contributed by atoms with Gasteiger partial charge in [-0.15, -0.1) is 0 Å². The third-order valence-corrected chi connectivity index (χ3v) is 2.48. The van der Waals surface area contributed by atoms with E-state index in [0.717, 1.165) is 11.5 Å². The average Bonchev–Trinajstić information content (AvgIpc) is 2.64. The molecule has 1 amide bonds. The summed E-state index contributed by atoms with van der Waals surface area (Å²) in [4.78, 5) is 12.9. The molecule has 0 saturated carbocycles. The normalized spacial score (nSPS) is 12.5. The number of aryl methyl sites for hydroxylation is 1. The topological polar surface area (TPSA) is 45.5 Å². The van der Waals surface area contributed by atoms with Gasteiger partial charge in [0.05, 0.1) is 6.04 Å². The lowest BCUT2D eigenvalue weighted by Crippen LogP contribution is -2.27. The van der Waals surface area contributed by atoms with Gasteiger partial charge >= 0.3 is 0 Å². The molecular weight excluding hydrogens is 204 g/mol. The number of carbonyl (C=O) groups is 1. The van der Waals surface area contributed by atoms with Gasteiger partial charge in [-0.2, -0.15) is 0 Å². The smallest absolute Gasteiger partial charge is 0.223 e. The van der Waals surface area contributed by atoms with Crippen molar-refractivity contribution in [1.29, 1.82) is 0 Å². The quantitative estimate of drug-likeness (QED) is 0.828. The Morgan fingerprint density at radius 3 is 2.69 bits per heavy atom. The third kappa shape index (κ3) is 3.70. The predicted molar refractivity (Wildman–Crippen MR) is 63.2 cm³/mol. The second-order valence-electron chi connectivity index (χ2n) is 4.16. The first kappa shape index (κ1) is 12.8. The molecular formula is C12H20N2O2. The highest BCUT2D eigenvalue weighted by Gasteiger charge is 2.09. The van der Waals surface area contributed by atoms with Crippen molar-refractivity contribution in [2.75, 3.05) is 20.6 Å². The molecule has 0 aliphatic carbocycles. The summed E-state index contributed by atoms with van der Waals surface area (Å²) in [5.41, 5.74) is 0. The molecule has 16 heavy (non-hydrogen) atoms. The molecule has 0 radical (unpaired) electrons. The highest BCUT2D eigenvalue weighted by atomic mass is 16.3. The molecule has 1 heterocycles. The van der Waals surface area contributed by atoms with Crippen LogP contribution >= 0.6 is 0 Å². The molecule has 1 N–H and O–H groups in total. The molecule has 0 aliphatic rings. The Bertz CT molecular complexity index is 345. The van der Waals surface area contributed by atoms with Gasteiger partial charge in [-0.3, -0.25) is 4.79 Å². The van der Waals surface area contributed by atoms with Gasteiger partial charge < -0.3 is 14.6 Å². The van der Waals surface area contributed by atoms with Crippen molar-refractivity contribution >= 4 is 5.91 Å². The van der Waals surface area contributed by atoms with Gasteiger partial charge in [0, 0.05) is 27.1 Å². The molecule has 0 aromatic carbocycles. The largest absolute Gasteiger partial charge is 0.465 e. The highest BCUT2D eigenvalue weighted by Crippen LogP contribution is 2.15. The maximum absolute atomic E-state index is 11.3. The number of furan rings is 1. The van der Waals surface area contributed by atoms with Crippen molar-refractivity contribution in [1.82, 2.24) is 10.2 Å². The molecule has 0 spiro atoms. The maximum Gasteiger partial charge on any atom is 0.223 e. The average molecular weight is 224 g/mol. The Morgan fingerprint density at radius 1 is 1.50 bits per heavy atom. The summed E-state index contributed by atoms with van der Waals surface area (Å²) in [5, 5.41) is 3.26. The van der Waals surface area contributed by atoms with Crippen LogP contribution in [-0.2, 0) is 4.79 Å². The minimum atomic E-state index is 0.135. The van der Waals surface area contributed by atoms with Crippen molar-refractivity contribution in [2.24, 2.45) is 0 Å². The minimum absolute atomic E-state index is 0.135. The number of nitrogens with zero attached hydrogens (tertiary/aromatic N) is 1. The Balaban J connectivity index is 2.31. The summed E-state index contributed by atoms with van der Waals surface area (Å²) in [5.74, 6) is 1.96. The summed E-state index contributed by atoms with van der Waals surface area (Å²) in [6.45, 7) is 4.61. The van der Waals surface area contributed by atoms with E-state index in [2.05, 4.69) is 5.32 Å². The lowest BCUT2D eigenvalue weighted by atomic mass is 10.2.